The van der Waals surface area contributed by atoms with Gasteiger partial charge in [0, 0.05) is 12.4 Å². The summed E-state index contributed by atoms with van der Waals surface area (Å²) in [5.41, 5.74) is 5.51. The SMILES string of the molecule is Cc1ccc(N(CC(=O)N/N=C\c2ccncc2)S(=O)(=O)c2ccccc2)cc1C. The Bertz CT molecular complexity index is 1150. The number of sulfonamides is 1. The Morgan fingerprint density at radius 3 is 2.40 bits per heavy atom. The van der Waals surface area contributed by atoms with E-state index in [1.165, 1.54) is 18.3 Å². The summed E-state index contributed by atoms with van der Waals surface area (Å²) in [6, 6.07) is 16.8. The van der Waals surface area contributed by atoms with Gasteiger partial charge in [0.1, 0.15) is 6.54 Å². The molecule has 2 aromatic carbocycles. The van der Waals surface area contributed by atoms with Crippen LogP contribution in [0, 0.1) is 13.8 Å². The van der Waals surface area contributed by atoms with Crippen molar-refractivity contribution in [2.24, 2.45) is 5.10 Å². The number of aromatic nitrogens is 1. The normalized spacial score (nSPS) is 11.4. The van der Waals surface area contributed by atoms with Crippen molar-refractivity contribution in [3.8, 4) is 0 Å². The smallest absolute Gasteiger partial charge is 0.264 e. The Morgan fingerprint density at radius 2 is 1.73 bits per heavy atom. The van der Waals surface area contributed by atoms with E-state index in [1.54, 1.807) is 54.9 Å². The fourth-order valence-corrected chi connectivity index (χ4v) is 4.14. The standard InChI is InChI=1S/C22H22N4O3S/c1-17-8-9-20(14-18(17)2)26(30(28,29)21-6-4-3-5-7-21)16-22(27)25-24-15-19-10-12-23-13-11-19/h3-15H,16H2,1-2H3,(H,25,27)/b24-15-. The van der Waals surface area contributed by atoms with Crippen LogP contribution in [0.1, 0.15) is 16.7 Å². The van der Waals surface area contributed by atoms with Crippen LogP contribution in [0.15, 0.2) is 83.1 Å². The van der Waals surface area contributed by atoms with E-state index in [0.717, 1.165) is 21.0 Å². The van der Waals surface area contributed by atoms with Crippen molar-refractivity contribution >= 4 is 27.8 Å². The molecule has 1 N–H and O–H groups in total. The number of hydrazone groups is 1. The molecule has 30 heavy (non-hydrogen) atoms. The highest BCUT2D eigenvalue weighted by molar-refractivity contribution is 7.92. The van der Waals surface area contributed by atoms with Gasteiger partial charge in [0.2, 0.25) is 0 Å². The first-order chi connectivity index (χ1) is 14.4. The molecular weight excluding hydrogens is 400 g/mol. The van der Waals surface area contributed by atoms with E-state index in [9.17, 15) is 13.2 Å². The van der Waals surface area contributed by atoms with Crippen molar-refractivity contribution in [2.75, 3.05) is 10.8 Å². The molecule has 8 heteroatoms. The lowest BCUT2D eigenvalue weighted by Crippen LogP contribution is -2.39. The monoisotopic (exact) mass is 422 g/mol. The van der Waals surface area contributed by atoms with Gasteiger partial charge in [0.15, 0.2) is 0 Å². The number of hydrogen-bond acceptors (Lipinski definition) is 5. The minimum absolute atomic E-state index is 0.108. The molecule has 154 valence electrons. The predicted molar refractivity (Wildman–Crippen MR) is 117 cm³/mol. The Labute approximate surface area is 176 Å². The van der Waals surface area contributed by atoms with Gasteiger partial charge in [-0.2, -0.15) is 5.10 Å². The number of hydrogen-bond donors (Lipinski definition) is 1. The Balaban J connectivity index is 1.87. The fraction of sp³-hybridized carbons (Fsp3) is 0.136. The van der Waals surface area contributed by atoms with Crippen LogP contribution in [-0.4, -0.2) is 32.1 Å². The first-order valence-corrected chi connectivity index (χ1v) is 10.7. The summed E-state index contributed by atoms with van der Waals surface area (Å²) in [5.74, 6) is -0.557. The van der Waals surface area contributed by atoms with Crippen LogP contribution in [0.2, 0.25) is 0 Å². The zero-order chi connectivity index (χ0) is 21.6. The van der Waals surface area contributed by atoms with E-state index >= 15 is 0 Å². The van der Waals surface area contributed by atoms with Gasteiger partial charge >= 0.3 is 0 Å². The third-order valence-corrected chi connectivity index (χ3v) is 6.29. The van der Waals surface area contributed by atoms with Crippen LogP contribution in [0.5, 0.6) is 0 Å². The zero-order valence-corrected chi connectivity index (χ0v) is 17.5. The summed E-state index contributed by atoms with van der Waals surface area (Å²) >= 11 is 0. The largest absolute Gasteiger partial charge is 0.271 e. The molecule has 0 atom stereocenters. The average molecular weight is 423 g/mol. The van der Waals surface area contributed by atoms with Crippen molar-refractivity contribution in [1.29, 1.82) is 0 Å². The molecule has 0 bridgehead atoms. The zero-order valence-electron chi connectivity index (χ0n) is 16.7. The Kier molecular flexibility index (Phi) is 6.58. The minimum atomic E-state index is -3.94. The molecule has 0 saturated carbocycles. The van der Waals surface area contributed by atoms with Gasteiger partial charge in [-0.25, -0.2) is 13.8 Å². The second-order valence-electron chi connectivity index (χ2n) is 6.67. The van der Waals surface area contributed by atoms with Gasteiger partial charge in [-0.15, -0.1) is 0 Å². The van der Waals surface area contributed by atoms with E-state index in [2.05, 4.69) is 15.5 Å². The summed E-state index contributed by atoms with van der Waals surface area (Å²) in [7, 11) is -3.94. The van der Waals surface area contributed by atoms with Gasteiger partial charge in [-0.05, 0) is 66.9 Å². The maximum Gasteiger partial charge on any atom is 0.264 e. The molecule has 3 rings (SSSR count). The molecule has 0 aliphatic heterocycles. The van der Waals surface area contributed by atoms with Crippen LogP contribution >= 0.6 is 0 Å². The molecule has 7 nitrogen and oxygen atoms in total. The maximum absolute atomic E-state index is 13.3. The number of carbonyl (C=O) groups is 1. The van der Waals surface area contributed by atoms with Gasteiger partial charge in [-0.3, -0.25) is 14.1 Å². The fourth-order valence-electron chi connectivity index (χ4n) is 2.71. The average Bonchev–Trinajstić information content (AvgIpc) is 2.75. The van der Waals surface area contributed by atoms with Crippen LogP contribution in [0.25, 0.3) is 0 Å². The van der Waals surface area contributed by atoms with Gasteiger partial charge < -0.3 is 0 Å². The molecule has 1 amide bonds. The molecule has 1 aromatic heterocycles. The summed E-state index contributed by atoms with van der Waals surface area (Å²) < 4.78 is 27.6. The van der Waals surface area contributed by atoms with Gasteiger partial charge in [0.25, 0.3) is 15.9 Å². The number of nitrogens with one attached hydrogen (secondary N) is 1. The van der Waals surface area contributed by atoms with Crippen LogP contribution in [-0.2, 0) is 14.8 Å². The van der Waals surface area contributed by atoms with Crippen LogP contribution in [0.4, 0.5) is 5.69 Å². The second kappa shape index (κ2) is 9.32. The molecule has 0 radical (unpaired) electrons. The Hall–Kier alpha value is -3.52. The maximum atomic E-state index is 13.3. The Morgan fingerprint density at radius 1 is 1.03 bits per heavy atom. The molecular formula is C22H22N4O3S. The quantitative estimate of drug-likeness (QED) is 0.468. The highest BCUT2D eigenvalue weighted by Gasteiger charge is 2.27. The summed E-state index contributed by atoms with van der Waals surface area (Å²) in [6.07, 6.45) is 4.68. The van der Waals surface area contributed by atoms with Crippen LogP contribution in [0.3, 0.4) is 0 Å². The number of amides is 1. The van der Waals surface area contributed by atoms with E-state index < -0.39 is 22.5 Å². The minimum Gasteiger partial charge on any atom is -0.271 e. The van der Waals surface area contributed by atoms with E-state index in [4.69, 9.17) is 0 Å². The number of aryl methyl sites for hydroxylation is 2. The molecule has 0 saturated heterocycles. The third-order valence-electron chi connectivity index (χ3n) is 4.51. The molecule has 1 heterocycles. The number of anilines is 1. The van der Waals surface area contributed by atoms with Crippen molar-refractivity contribution in [1.82, 2.24) is 10.4 Å². The van der Waals surface area contributed by atoms with E-state index in [1.807, 2.05) is 19.9 Å². The van der Waals surface area contributed by atoms with Crippen molar-refractivity contribution in [2.45, 2.75) is 18.7 Å². The van der Waals surface area contributed by atoms with Crippen molar-refractivity contribution in [3.05, 3.63) is 89.7 Å². The number of benzene rings is 2. The van der Waals surface area contributed by atoms with Crippen molar-refractivity contribution < 1.29 is 13.2 Å². The third kappa shape index (κ3) is 5.09. The van der Waals surface area contributed by atoms with Gasteiger partial charge in [-0.1, -0.05) is 24.3 Å². The first-order valence-electron chi connectivity index (χ1n) is 9.25. The molecule has 0 aliphatic carbocycles. The lowest BCUT2D eigenvalue weighted by molar-refractivity contribution is -0.119. The lowest BCUT2D eigenvalue weighted by Gasteiger charge is -2.24. The number of pyridine rings is 1. The van der Waals surface area contributed by atoms with Crippen molar-refractivity contribution in [3.63, 3.8) is 0 Å². The molecule has 0 spiro atoms. The molecule has 0 aliphatic rings. The molecule has 3 aromatic rings. The number of rotatable bonds is 7. The highest BCUT2D eigenvalue weighted by Crippen LogP contribution is 2.25. The summed E-state index contributed by atoms with van der Waals surface area (Å²) in [5, 5.41) is 3.90. The lowest BCUT2D eigenvalue weighted by atomic mass is 10.1. The predicted octanol–water partition coefficient (Wildman–Crippen LogP) is 3.04. The first kappa shape index (κ1) is 21.2. The van der Waals surface area contributed by atoms with Crippen LogP contribution < -0.4 is 9.73 Å². The second-order valence-corrected chi connectivity index (χ2v) is 8.53. The highest BCUT2D eigenvalue weighted by atomic mass is 32.2. The van der Waals surface area contributed by atoms with Gasteiger partial charge in [0.05, 0.1) is 16.8 Å². The number of carbonyl (C=O) groups excluding carboxylic acids is 1. The van der Waals surface area contributed by atoms with E-state index in [-0.39, 0.29) is 4.90 Å². The topological polar surface area (TPSA) is 91.7 Å². The molecule has 0 fully saturated rings. The van der Waals surface area contributed by atoms with E-state index in [0.29, 0.717) is 5.69 Å². The number of nitrogens with zero attached hydrogens (tertiary/aromatic N) is 3. The summed E-state index contributed by atoms with van der Waals surface area (Å²) in [6.45, 7) is 3.42. The molecule has 0 unspecified atom stereocenters. The summed E-state index contributed by atoms with van der Waals surface area (Å²) in [4.78, 5) is 16.5.